The van der Waals surface area contributed by atoms with Gasteiger partial charge in [-0.05, 0) is 49.1 Å². The van der Waals surface area contributed by atoms with Crippen LogP contribution in [0.2, 0.25) is 0 Å². The molecule has 0 aliphatic carbocycles. The van der Waals surface area contributed by atoms with E-state index in [1.807, 2.05) is 0 Å². The van der Waals surface area contributed by atoms with E-state index >= 15 is 0 Å². The minimum absolute atomic E-state index is 0.342. The Morgan fingerprint density at radius 3 is 2.82 bits per heavy atom. The van der Waals surface area contributed by atoms with Crippen molar-refractivity contribution in [3.8, 4) is 5.75 Å². The molecule has 2 heterocycles. The van der Waals surface area contributed by atoms with E-state index in [0.717, 1.165) is 36.7 Å². The van der Waals surface area contributed by atoms with E-state index in [9.17, 15) is 0 Å². The van der Waals surface area contributed by atoms with Crippen LogP contribution in [0.25, 0.3) is 0 Å². The van der Waals surface area contributed by atoms with Crippen LogP contribution in [0.15, 0.2) is 42.5 Å². The quantitative estimate of drug-likeness (QED) is 0.749. The molecule has 5 heteroatoms. The first-order valence-electron chi connectivity index (χ1n) is 10.2. The van der Waals surface area contributed by atoms with Gasteiger partial charge in [0.05, 0.1) is 12.1 Å². The molecule has 2 aromatic rings. The number of fused-ring (bicyclic) bond motifs is 1. The summed E-state index contributed by atoms with van der Waals surface area (Å²) >= 11 is 5.52. The highest BCUT2D eigenvalue weighted by atomic mass is 32.1. The summed E-state index contributed by atoms with van der Waals surface area (Å²) < 4.78 is 5.72. The van der Waals surface area contributed by atoms with Crippen molar-refractivity contribution in [3.63, 3.8) is 0 Å². The van der Waals surface area contributed by atoms with Gasteiger partial charge in [-0.3, -0.25) is 0 Å². The zero-order valence-electron chi connectivity index (χ0n) is 16.7. The molecule has 0 radical (unpaired) electrons. The number of anilines is 1. The summed E-state index contributed by atoms with van der Waals surface area (Å²) in [6.07, 6.45) is 4.29. The molecule has 2 aliphatic heterocycles. The van der Waals surface area contributed by atoms with Gasteiger partial charge >= 0.3 is 0 Å². The van der Waals surface area contributed by atoms with E-state index in [-0.39, 0.29) is 0 Å². The Morgan fingerprint density at radius 1 is 1.21 bits per heavy atom. The van der Waals surface area contributed by atoms with Crippen molar-refractivity contribution in [2.75, 3.05) is 25.6 Å². The maximum Gasteiger partial charge on any atom is 0.123 e. The third kappa shape index (κ3) is 3.93. The van der Waals surface area contributed by atoms with Gasteiger partial charge in [0, 0.05) is 43.3 Å². The Hall–Kier alpha value is -1.95. The highest BCUT2D eigenvalue weighted by Gasteiger charge is 2.26. The third-order valence-corrected chi connectivity index (χ3v) is 6.48. The number of aryl methyl sites for hydroxylation is 1. The number of benzene rings is 2. The van der Waals surface area contributed by atoms with E-state index in [4.69, 9.17) is 17.0 Å². The van der Waals surface area contributed by atoms with Crippen molar-refractivity contribution in [1.82, 2.24) is 10.6 Å². The van der Waals surface area contributed by atoms with Gasteiger partial charge in [-0.2, -0.15) is 0 Å². The first kappa shape index (κ1) is 19.4. The summed E-state index contributed by atoms with van der Waals surface area (Å²) in [4.78, 5) is 3.16. The molecule has 2 N–H and O–H groups in total. The SMILES string of the molecule is COc1cc2c(cc1CNC1CCCNC1c1ccccc1)N(C)C(=S)CC2. The molecule has 0 amide bonds. The van der Waals surface area contributed by atoms with E-state index in [2.05, 4.69) is 65.0 Å². The topological polar surface area (TPSA) is 36.5 Å². The van der Waals surface area contributed by atoms with Gasteiger partial charge < -0.3 is 20.3 Å². The van der Waals surface area contributed by atoms with Crippen LogP contribution in [0.4, 0.5) is 5.69 Å². The van der Waals surface area contributed by atoms with E-state index in [1.165, 1.54) is 35.2 Å². The lowest BCUT2D eigenvalue weighted by atomic mass is 9.92. The maximum absolute atomic E-state index is 5.72. The van der Waals surface area contributed by atoms with Crippen molar-refractivity contribution in [2.24, 2.45) is 0 Å². The molecular formula is C23H29N3OS. The van der Waals surface area contributed by atoms with Gasteiger partial charge in [0.2, 0.25) is 0 Å². The number of thiocarbonyl (C=S) groups is 1. The van der Waals surface area contributed by atoms with E-state index < -0.39 is 0 Å². The lowest BCUT2D eigenvalue weighted by Crippen LogP contribution is -2.45. The molecule has 0 aromatic heterocycles. The van der Waals surface area contributed by atoms with Crippen LogP contribution < -0.4 is 20.3 Å². The standard InChI is InChI=1S/C23H29N3OS/c1-26-20-13-18(21(27-2)14-17(20)10-11-22(26)28)15-25-19-9-6-12-24-23(19)16-7-4-3-5-8-16/h3-5,7-8,13-14,19,23-25H,6,9-12,15H2,1-2H3. The van der Waals surface area contributed by atoms with Crippen LogP contribution in [0.1, 0.15) is 42.0 Å². The minimum Gasteiger partial charge on any atom is -0.496 e. The molecule has 1 fully saturated rings. The summed E-state index contributed by atoms with van der Waals surface area (Å²) in [7, 11) is 3.83. The summed E-state index contributed by atoms with van der Waals surface area (Å²) in [5.41, 5.74) is 5.07. The van der Waals surface area contributed by atoms with Crippen LogP contribution in [0.5, 0.6) is 5.75 Å². The van der Waals surface area contributed by atoms with E-state index in [0.29, 0.717) is 12.1 Å². The number of piperidine rings is 1. The van der Waals surface area contributed by atoms with Gasteiger partial charge in [-0.1, -0.05) is 42.5 Å². The number of nitrogens with one attached hydrogen (secondary N) is 2. The molecule has 2 unspecified atom stereocenters. The summed E-state index contributed by atoms with van der Waals surface area (Å²) in [6, 6.07) is 15.9. The smallest absolute Gasteiger partial charge is 0.123 e. The highest BCUT2D eigenvalue weighted by molar-refractivity contribution is 7.80. The lowest BCUT2D eigenvalue weighted by Gasteiger charge is -2.34. The van der Waals surface area contributed by atoms with Crippen molar-refractivity contribution < 1.29 is 4.74 Å². The molecule has 4 nitrogen and oxygen atoms in total. The van der Waals surface area contributed by atoms with Gasteiger partial charge in [0.25, 0.3) is 0 Å². The van der Waals surface area contributed by atoms with Crippen LogP contribution in [-0.4, -0.2) is 31.7 Å². The average molecular weight is 396 g/mol. The second-order valence-corrected chi connectivity index (χ2v) is 8.19. The number of nitrogens with zero attached hydrogens (tertiary/aromatic N) is 1. The first-order valence-corrected chi connectivity index (χ1v) is 10.6. The second kappa shape index (κ2) is 8.60. The summed E-state index contributed by atoms with van der Waals surface area (Å²) in [6.45, 7) is 1.86. The van der Waals surface area contributed by atoms with Gasteiger partial charge in [0.1, 0.15) is 5.75 Å². The monoisotopic (exact) mass is 395 g/mol. The molecule has 2 aliphatic rings. The molecule has 148 valence electrons. The number of ether oxygens (including phenoxy) is 1. The maximum atomic E-state index is 5.72. The molecule has 2 atom stereocenters. The Morgan fingerprint density at radius 2 is 2.04 bits per heavy atom. The zero-order valence-corrected chi connectivity index (χ0v) is 17.5. The molecule has 28 heavy (non-hydrogen) atoms. The summed E-state index contributed by atoms with van der Waals surface area (Å²) in [5.74, 6) is 0.965. The van der Waals surface area contributed by atoms with Crippen molar-refractivity contribution in [3.05, 3.63) is 59.2 Å². The predicted molar refractivity (Wildman–Crippen MR) is 119 cm³/mol. The van der Waals surface area contributed by atoms with Crippen LogP contribution in [-0.2, 0) is 13.0 Å². The average Bonchev–Trinajstić information content (AvgIpc) is 2.75. The molecule has 4 rings (SSSR count). The van der Waals surface area contributed by atoms with Crippen molar-refractivity contribution in [1.29, 1.82) is 0 Å². The Labute approximate surface area is 173 Å². The first-order chi connectivity index (χ1) is 13.7. The van der Waals surface area contributed by atoms with Crippen LogP contribution in [0.3, 0.4) is 0 Å². The van der Waals surface area contributed by atoms with Gasteiger partial charge in [0.15, 0.2) is 0 Å². The fourth-order valence-electron chi connectivity index (χ4n) is 4.40. The van der Waals surface area contributed by atoms with Crippen molar-refractivity contribution >= 4 is 22.9 Å². The summed E-state index contributed by atoms with van der Waals surface area (Å²) in [5, 5.41) is 7.49. The molecule has 1 saturated heterocycles. The van der Waals surface area contributed by atoms with Crippen LogP contribution >= 0.6 is 12.2 Å². The van der Waals surface area contributed by atoms with Gasteiger partial charge in [-0.25, -0.2) is 0 Å². The fourth-order valence-corrected chi connectivity index (χ4v) is 4.60. The molecule has 0 spiro atoms. The van der Waals surface area contributed by atoms with E-state index in [1.54, 1.807) is 7.11 Å². The Bertz CT molecular complexity index is 839. The largest absolute Gasteiger partial charge is 0.496 e. The normalized spacial score (nSPS) is 22.1. The molecule has 0 bridgehead atoms. The lowest BCUT2D eigenvalue weighted by molar-refractivity contribution is 0.303. The Kier molecular flexibility index (Phi) is 5.95. The number of rotatable bonds is 5. The van der Waals surface area contributed by atoms with Crippen molar-refractivity contribution in [2.45, 2.75) is 44.3 Å². The highest BCUT2D eigenvalue weighted by Crippen LogP contribution is 2.34. The molecule has 2 aromatic carbocycles. The number of methoxy groups -OCH3 is 1. The number of hydrogen-bond acceptors (Lipinski definition) is 4. The van der Waals surface area contributed by atoms with Crippen LogP contribution in [0, 0.1) is 0 Å². The third-order valence-electron chi connectivity index (χ3n) is 6.00. The molecular weight excluding hydrogens is 366 g/mol. The minimum atomic E-state index is 0.342. The fraction of sp³-hybridized carbons (Fsp3) is 0.435. The predicted octanol–water partition coefficient (Wildman–Crippen LogP) is 3.99. The Balaban J connectivity index is 1.54. The van der Waals surface area contributed by atoms with Gasteiger partial charge in [-0.15, -0.1) is 0 Å². The molecule has 0 saturated carbocycles. The second-order valence-electron chi connectivity index (χ2n) is 7.72. The number of hydrogen-bond donors (Lipinski definition) is 2. The zero-order chi connectivity index (χ0) is 19.5.